The summed E-state index contributed by atoms with van der Waals surface area (Å²) in [4.78, 5) is 48.5. The van der Waals surface area contributed by atoms with Gasteiger partial charge in [-0.3, -0.25) is 24.5 Å². The molecule has 1 aromatic rings. The summed E-state index contributed by atoms with van der Waals surface area (Å²) >= 11 is 0. The summed E-state index contributed by atoms with van der Waals surface area (Å²) in [6.07, 6.45) is -0.439. The minimum absolute atomic E-state index is 0.0186. The Morgan fingerprint density at radius 1 is 1.25 bits per heavy atom. The molecule has 1 aliphatic carbocycles. The van der Waals surface area contributed by atoms with Crippen molar-refractivity contribution in [2.45, 2.75) is 38.7 Å². The van der Waals surface area contributed by atoms with Crippen molar-refractivity contribution in [2.24, 2.45) is 11.8 Å². The number of hydrogen-bond acceptors (Lipinski definition) is 8. The van der Waals surface area contributed by atoms with Gasteiger partial charge in [-0.05, 0) is 26.3 Å². The molecule has 28 heavy (non-hydrogen) atoms. The molecule has 0 spiro atoms. The average Bonchev–Trinajstić information content (AvgIpc) is 2.60. The lowest BCUT2D eigenvalue weighted by molar-refractivity contribution is -0.385. The molecule has 152 valence electrons. The second-order valence-corrected chi connectivity index (χ2v) is 6.84. The first kappa shape index (κ1) is 21.5. The Morgan fingerprint density at radius 2 is 1.86 bits per heavy atom. The van der Waals surface area contributed by atoms with Crippen LogP contribution in [0.15, 0.2) is 24.3 Å². The molecule has 1 N–H and O–H groups in total. The molecule has 1 fully saturated rings. The topological polar surface area (TPSA) is 133 Å². The summed E-state index contributed by atoms with van der Waals surface area (Å²) in [5.41, 5.74) is -1.85. The zero-order chi connectivity index (χ0) is 21.1. The SMILES string of the molecule is CCOC(=O)[C@@H]1C(=O)C[C@@](C)(O)[C@H](C(=O)OCC)[C@@H]1c1cccc([N+](=O)[O-])c1. The molecule has 0 bridgehead atoms. The Kier molecular flexibility index (Phi) is 6.50. The fourth-order valence-corrected chi connectivity index (χ4v) is 3.73. The summed E-state index contributed by atoms with van der Waals surface area (Å²) in [7, 11) is 0. The van der Waals surface area contributed by atoms with Crippen molar-refractivity contribution in [2.75, 3.05) is 13.2 Å². The lowest BCUT2D eigenvalue weighted by atomic mass is 9.61. The second-order valence-electron chi connectivity index (χ2n) is 6.84. The van der Waals surface area contributed by atoms with Crippen molar-refractivity contribution in [3.8, 4) is 0 Å². The van der Waals surface area contributed by atoms with Crippen molar-refractivity contribution in [3.05, 3.63) is 39.9 Å². The number of Topliss-reactive ketones (excluding diaryl/α,β-unsaturated/α-hetero) is 1. The van der Waals surface area contributed by atoms with Gasteiger partial charge in [0.25, 0.3) is 5.69 Å². The second kappa shape index (κ2) is 8.47. The maximum Gasteiger partial charge on any atom is 0.317 e. The van der Waals surface area contributed by atoms with Gasteiger partial charge in [0, 0.05) is 24.5 Å². The standard InChI is InChI=1S/C19H23NO8/c1-4-27-17(22)15-13(21)10-19(3,24)16(18(23)28-5-2)14(15)11-7-6-8-12(9-11)20(25)26/h6-9,14-16,24H,4-5,10H2,1-3H3/t14-,15-,16+,19-/m1/s1. The van der Waals surface area contributed by atoms with Crippen LogP contribution in [-0.4, -0.2) is 46.6 Å². The Labute approximate surface area is 161 Å². The zero-order valence-corrected chi connectivity index (χ0v) is 15.9. The highest BCUT2D eigenvalue weighted by Gasteiger charge is 2.57. The van der Waals surface area contributed by atoms with Crippen LogP contribution in [0.3, 0.4) is 0 Å². The predicted molar refractivity (Wildman–Crippen MR) is 96.3 cm³/mol. The highest BCUT2D eigenvalue weighted by molar-refractivity contribution is 6.02. The summed E-state index contributed by atoms with van der Waals surface area (Å²) in [6.45, 7) is 4.53. The highest BCUT2D eigenvalue weighted by atomic mass is 16.6. The molecule has 0 radical (unpaired) electrons. The van der Waals surface area contributed by atoms with Crippen molar-refractivity contribution in [1.29, 1.82) is 0 Å². The first-order valence-corrected chi connectivity index (χ1v) is 8.96. The van der Waals surface area contributed by atoms with Gasteiger partial charge in [-0.2, -0.15) is 0 Å². The number of nitro groups is 1. The van der Waals surface area contributed by atoms with E-state index in [-0.39, 0.29) is 24.5 Å². The number of ether oxygens (including phenoxy) is 2. The van der Waals surface area contributed by atoms with E-state index in [1.165, 1.54) is 31.2 Å². The molecule has 0 amide bonds. The zero-order valence-electron chi connectivity index (χ0n) is 15.9. The third-order valence-corrected chi connectivity index (χ3v) is 4.81. The fourth-order valence-electron chi connectivity index (χ4n) is 3.73. The maximum absolute atomic E-state index is 12.7. The molecule has 1 aromatic carbocycles. The predicted octanol–water partition coefficient (Wildman–Crippen LogP) is 1.76. The number of hydrogen-bond donors (Lipinski definition) is 1. The van der Waals surface area contributed by atoms with Crippen molar-refractivity contribution < 1.29 is 33.9 Å². The number of aliphatic hydroxyl groups is 1. The Bertz CT molecular complexity index is 788. The molecule has 0 aliphatic heterocycles. The summed E-state index contributed by atoms with van der Waals surface area (Å²) in [5, 5.41) is 22.0. The van der Waals surface area contributed by atoms with Crippen LogP contribution in [0.5, 0.6) is 0 Å². The number of carbonyl (C=O) groups excluding carboxylic acids is 3. The quantitative estimate of drug-likeness (QED) is 0.334. The number of benzene rings is 1. The average molecular weight is 393 g/mol. The van der Waals surface area contributed by atoms with Gasteiger partial charge in [-0.1, -0.05) is 12.1 Å². The van der Waals surface area contributed by atoms with Crippen LogP contribution in [0.1, 0.15) is 38.7 Å². The van der Waals surface area contributed by atoms with Crippen molar-refractivity contribution in [3.63, 3.8) is 0 Å². The van der Waals surface area contributed by atoms with E-state index in [0.717, 1.165) is 0 Å². The summed E-state index contributed by atoms with van der Waals surface area (Å²) in [6, 6.07) is 5.32. The van der Waals surface area contributed by atoms with Gasteiger partial charge < -0.3 is 14.6 Å². The number of rotatable bonds is 6. The Balaban J connectivity index is 2.67. The molecule has 0 heterocycles. The van der Waals surface area contributed by atoms with Gasteiger partial charge in [-0.15, -0.1) is 0 Å². The van der Waals surface area contributed by atoms with E-state index < -0.39 is 52.4 Å². The number of esters is 2. The van der Waals surface area contributed by atoms with Crippen LogP contribution in [0.4, 0.5) is 5.69 Å². The van der Waals surface area contributed by atoms with E-state index in [0.29, 0.717) is 0 Å². The smallest absolute Gasteiger partial charge is 0.317 e. The molecule has 4 atom stereocenters. The molecule has 9 heteroatoms. The maximum atomic E-state index is 12.7. The van der Waals surface area contributed by atoms with E-state index in [1.807, 2.05) is 0 Å². The molecular formula is C19H23NO8. The molecular weight excluding hydrogens is 370 g/mol. The number of non-ortho nitro benzene ring substituents is 1. The van der Waals surface area contributed by atoms with Gasteiger partial charge in [0.15, 0.2) is 5.78 Å². The molecule has 1 saturated carbocycles. The van der Waals surface area contributed by atoms with E-state index in [9.17, 15) is 29.6 Å². The fraction of sp³-hybridized carbons (Fsp3) is 0.526. The van der Waals surface area contributed by atoms with E-state index >= 15 is 0 Å². The van der Waals surface area contributed by atoms with Crippen LogP contribution in [-0.2, 0) is 23.9 Å². The van der Waals surface area contributed by atoms with Gasteiger partial charge in [-0.25, -0.2) is 0 Å². The Hall–Kier alpha value is -2.81. The van der Waals surface area contributed by atoms with Crippen LogP contribution in [0.25, 0.3) is 0 Å². The van der Waals surface area contributed by atoms with E-state index in [1.54, 1.807) is 13.8 Å². The number of carbonyl (C=O) groups is 3. The van der Waals surface area contributed by atoms with E-state index in [4.69, 9.17) is 9.47 Å². The van der Waals surface area contributed by atoms with Crippen LogP contribution < -0.4 is 0 Å². The van der Waals surface area contributed by atoms with Gasteiger partial charge in [0.1, 0.15) is 5.92 Å². The normalized spacial score (nSPS) is 27.1. The molecule has 9 nitrogen and oxygen atoms in total. The minimum Gasteiger partial charge on any atom is -0.466 e. The van der Waals surface area contributed by atoms with Crippen LogP contribution >= 0.6 is 0 Å². The number of ketones is 1. The van der Waals surface area contributed by atoms with Crippen molar-refractivity contribution in [1.82, 2.24) is 0 Å². The summed E-state index contributed by atoms with van der Waals surface area (Å²) in [5.74, 6) is -6.03. The first-order chi connectivity index (χ1) is 13.1. The number of nitro benzene ring substituents is 1. The third-order valence-electron chi connectivity index (χ3n) is 4.81. The highest BCUT2D eigenvalue weighted by Crippen LogP contribution is 2.47. The monoisotopic (exact) mass is 393 g/mol. The summed E-state index contributed by atoms with van der Waals surface area (Å²) < 4.78 is 10.1. The van der Waals surface area contributed by atoms with Gasteiger partial charge in [0.2, 0.25) is 0 Å². The first-order valence-electron chi connectivity index (χ1n) is 8.96. The van der Waals surface area contributed by atoms with Crippen LogP contribution in [0, 0.1) is 22.0 Å². The van der Waals surface area contributed by atoms with E-state index in [2.05, 4.69) is 0 Å². The molecule has 0 saturated heterocycles. The van der Waals surface area contributed by atoms with Gasteiger partial charge >= 0.3 is 11.9 Å². The van der Waals surface area contributed by atoms with Crippen LogP contribution in [0.2, 0.25) is 0 Å². The molecule has 0 unspecified atom stereocenters. The van der Waals surface area contributed by atoms with Crippen molar-refractivity contribution >= 4 is 23.4 Å². The number of nitrogens with zero attached hydrogens (tertiary/aromatic N) is 1. The lowest BCUT2D eigenvalue weighted by Crippen LogP contribution is -2.55. The molecule has 0 aromatic heterocycles. The molecule has 2 rings (SSSR count). The molecule has 1 aliphatic rings. The lowest BCUT2D eigenvalue weighted by Gasteiger charge is -2.43. The van der Waals surface area contributed by atoms with Gasteiger partial charge in [0.05, 0.1) is 29.7 Å². The largest absolute Gasteiger partial charge is 0.466 e. The minimum atomic E-state index is -1.79. The third kappa shape index (κ3) is 4.19. The Morgan fingerprint density at radius 3 is 2.43 bits per heavy atom.